The summed E-state index contributed by atoms with van der Waals surface area (Å²) in [5, 5.41) is 0. The van der Waals surface area contributed by atoms with Crippen molar-refractivity contribution in [2.24, 2.45) is 17.1 Å². The highest BCUT2D eigenvalue weighted by Gasteiger charge is 2.40. The fourth-order valence-corrected chi connectivity index (χ4v) is 4.53. The molecule has 2 heterocycles. The maximum Gasteiger partial charge on any atom is 0.0223 e. The summed E-state index contributed by atoms with van der Waals surface area (Å²) >= 11 is 0. The Labute approximate surface area is 118 Å². The van der Waals surface area contributed by atoms with Crippen molar-refractivity contribution in [2.45, 2.75) is 58.0 Å². The summed E-state index contributed by atoms with van der Waals surface area (Å²) in [5.41, 5.74) is 6.84. The number of hydrogen-bond acceptors (Lipinski definition) is 3. The monoisotopic (exact) mass is 265 g/mol. The minimum Gasteiger partial charge on any atom is -0.327 e. The summed E-state index contributed by atoms with van der Waals surface area (Å²) in [6, 6.07) is 1.24. The Morgan fingerprint density at radius 1 is 1.11 bits per heavy atom. The third-order valence-electron chi connectivity index (χ3n) is 5.95. The van der Waals surface area contributed by atoms with E-state index < -0.39 is 0 Å². The molecule has 0 aromatic carbocycles. The second-order valence-corrected chi connectivity index (χ2v) is 7.76. The highest BCUT2D eigenvalue weighted by Crippen LogP contribution is 2.40. The zero-order valence-corrected chi connectivity index (χ0v) is 12.8. The number of nitrogens with two attached hydrogens (primary N) is 1. The van der Waals surface area contributed by atoms with E-state index >= 15 is 0 Å². The summed E-state index contributed by atoms with van der Waals surface area (Å²) in [5.74, 6) is 0.725. The number of hydrogen-bond donors (Lipinski definition) is 1. The smallest absolute Gasteiger partial charge is 0.0223 e. The minimum absolute atomic E-state index is 0.357. The molecule has 0 amide bonds. The largest absolute Gasteiger partial charge is 0.327 e. The van der Waals surface area contributed by atoms with E-state index in [-0.39, 0.29) is 0 Å². The van der Waals surface area contributed by atoms with E-state index in [1.807, 2.05) is 0 Å². The van der Waals surface area contributed by atoms with Gasteiger partial charge in [0.25, 0.3) is 0 Å². The fourth-order valence-electron chi connectivity index (χ4n) is 4.53. The van der Waals surface area contributed by atoms with Crippen LogP contribution in [0.2, 0.25) is 0 Å². The van der Waals surface area contributed by atoms with Gasteiger partial charge in [0.15, 0.2) is 0 Å². The van der Waals surface area contributed by atoms with E-state index in [1.165, 1.54) is 64.8 Å². The molecule has 1 saturated carbocycles. The van der Waals surface area contributed by atoms with Crippen LogP contribution in [0.4, 0.5) is 0 Å². The predicted molar refractivity (Wildman–Crippen MR) is 80.1 cm³/mol. The average Bonchev–Trinajstić information content (AvgIpc) is 2.83. The predicted octanol–water partition coefficient (Wildman–Crippen LogP) is 1.92. The third-order valence-corrected chi connectivity index (χ3v) is 5.95. The molecule has 3 fully saturated rings. The first kappa shape index (κ1) is 13.8. The Morgan fingerprint density at radius 2 is 1.89 bits per heavy atom. The number of rotatable bonds is 2. The van der Waals surface area contributed by atoms with E-state index in [4.69, 9.17) is 5.73 Å². The van der Waals surface area contributed by atoms with Gasteiger partial charge in [-0.3, -0.25) is 4.90 Å². The van der Waals surface area contributed by atoms with Crippen LogP contribution < -0.4 is 5.73 Å². The number of nitrogens with zero attached hydrogens (tertiary/aromatic N) is 2. The molecule has 2 saturated heterocycles. The molecule has 2 aliphatic heterocycles. The highest BCUT2D eigenvalue weighted by molar-refractivity contribution is 4.96. The molecule has 3 nitrogen and oxygen atoms in total. The van der Waals surface area contributed by atoms with Crippen LogP contribution in [0, 0.1) is 11.3 Å². The van der Waals surface area contributed by atoms with Crippen molar-refractivity contribution in [1.29, 1.82) is 0 Å². The van der Waals surface area contributed by atoms with Gasteiger partial charge in [-0.05, 0) is 63.1 Å². The van der Waals surface area contributed by atoms with Gasteiger partial charge in [0.2, 0.25) is 0 Å². The van der Waals surface area contributed by atoms with Gasteiger partial charge in [0.1, 0.15) is 0 Å². The van der Waals surface area contributed by atoms with Crippen molar-refractivity contribution >= 4 is 0 Å². The SMILES string of the molecule is CC1(C)CCC(CN2CCCN3CCCC3C2)C1N. The maximum absolute atomic E-state index is 6.48. The maximum atomic E-state index is 6.48. The van der Waals surface area contributed by atoms with Crippen molar-refractivity contribution in [3.8, 4) is 0 Å². The zero-order valence-electron chi connectivity index (χ0n) is 12.8. The normalized spacial score (nSPS) is 40.3. The lowest BCUT2D eigenvalue weighted by Gasteiger charge is -2.31. The van der Waals surface area contributed by atoms with Gasteiger partial charge in [-0.2, -0.15) is 0 Å². The van der Waals surface area contributed by atoms with E-state index in [9.17, 15) is 0 Å². The molecule has 3 atom stereocenters. The van der Waals surface area contributed by atoms with Gasteiger partial charge in [0.05, 0.1) is 0 Å². The van der Waals surface area contributed by atoms with E-state index in [0.717, 1.165) is 12.0 Å². The first-order valence-corrected chi connectivity index (χ1v) is 8.28. The van der Waals surface area contributed by atoms with E-state index in [0.29, 0.717) is 11.5 Å². The van der Waals surface area contributed by atoms with Crippen LogP contribution in [-0.2, 0) is 0 Å². The number of fused-ring (bicyclic) bond motifs is 1. The molecule has 110 valence electrons. The van der Waals surface area contributed by atoms with E-state index in [1.54, 1.807) is 0 Å². The van der Waals surface area contributed by atoms with Crippen molar-refractivity contribution in [3.63, 3.8) is 0 Å². The molecular formula is C16H31N3. The summed E-state index contributed by atoms with van der Waals surface area (Å²) in [6.07, 6.45) is 6.82. The molecule has 1 aliphatic carbocycles. The van der Waals surface area contributed by atoms with Crippen molar-refractivity contribution < 1.29 is 0 Å². The topological polar surface area (TPSA) is 32.5 Å². The van der Waals surface area contributed by atoms with Crippen molar-refractivity contribution in [2.75, 3.05) is 32.7 Å². The lowest BCUT2D eigenvalue weighted by molar-refractivity contribution is 0.184. The molecule has 3 heteroatoms. The summed E-state index contributed by atoms with van der Waals surface area (Å²) in [7, 11) is 0. The first-order valence-electron chi connectivity index (χ1n) is 8.28. The van der Waals surface area contributed by atoms with Crippen molar-refractivity contribution in [1.82, 2.24) is 9.80 Å². The Kier molecular flexibility index (Phi) is 3.89. The molecule has 3 aliphatic rings. The second kappa shape index (κ2) is 5.34. The fraction of sp³-hybridized carbons (Fsp3) is 1.00. The lowest BCUT2D eigenvalue weighted by atomic mass is 9.85. The molecule has 2 N–H and O–H groups in total. The molecule has 0 aromatic heterocycles. The van der Waals surface area contributed by atoms with Crippen LogP contribution >= 0.6 is 0 Å². The standard InChI is InChI=1S/C16H31N3/c1-16(2)7-6-13(15(16)17)11-18-8-4-10-19-9-3-5-14(19)12-18/h13-15H,3-12,17H2,1-2H3. The van der Waals surface area contributed by atoms with Crippen molar-refractivity contribution in [3.05, 3.63) is 0 Å². The lowest BCUT2D eigenvalue weighted by Crippen LogP contribution is -2.44. The Hall–Kier alpha value is -0.120. The van der Waals surface area contributed by atoms with Gasteiger partial charge >= 0.3 is 0 Å². The van der Waals surface area contributed by atoms with Crippen LogP contribution in [0.1, 0.15) is 46.0 Å². The second-order valence-electron chi connectivity index (χ2n) is 7.76. The van der Waals surface area contributed by atoms with Gasteiger partial charge in [0, 0.05) is 25.2 Å². The average molecular weight is 265 g/mol. The van der Waals surface area contributed by atoms with Gasteiger partial charge in [-0.25, -0.2) is 0 Å². The summed E-state index contributed by atoms with van der Waals surface area (Å²) in [6.45, 7) is 11.2. The summed E-state index contributed by atoms with van der Waals surface area (Å²) < 4.78 is 0. The molecule has 0 radical (unpaired) electrons. The quantitative estimate of drug-likeness (QED) is 0.828. The third kappa shape index (κ3) is 2.84. The van der Waals surface area contributed by atoms with Crippen LogP contribution in [0.25, 0.3) is 0 Å². The Balaban J connectivity index is 1.57. The molecule has 3 rings (SSSR count). The Morgan fingerprint density at radius 3 is 2.63 bits per heavy atom. The molecule has 0 spiro atoms. The zero-order chi connectivity index (χ0) is 13.5. The van der Waals surface area contributed by atoms with Crippen LogP contribution in [0.3, 0.4) is 0 Å². The molecule has 0 aromatic rings. The molecular weight excluding hydrogens is 234 g/mol. The highest BCUT2D eigenvalue weighted by atomic mass is 15.3. The molecule has 3 unspecified atom stereocenters. The van der Waals surface area contributed by atoms with Gasteiger partial charge in [-0.15, -0.1) is 0 Å². The minimum atomic E-state index is 0.357. The van der Waals surface area contributed by atoms with Crippen LogP contribution in [0.15, 0.2) is 0 Å². The first-order chi connectivity index (χ1) is 9.06. The Bertz CT molecular complexity index is 315. The van der Waals surface area contributed by atoms with Crippen LogP contribution in [-0.4, -0.2) is 54.6 Å². The summed E-state index contributed by atoms with van der Waals surface area (Å²) in [4.78, 5) is 5.44. The van der Waals surface area contributed by atoms with Gasteiger partial charge < -0.3 is 10.6 Å². The van der Waals surface area contributed by atoms with Crippen LogP contribution in [0.5, 0.6) is 0 Å². The van der Waals surface area contributed by atoms with Gasteiger partial charge in [-0.1, -0.05) is 13.8 Å². The molecule has 0 bridgehead atoms. The van der Waals surface area contributed by atoms with E-state index in [2.05, 4.69) is 23.6 Å². The molecule has 19 heavy (non-hydrogen) atoms.